The van der Waals surface area contributed by atoms with Gasteiger partial charge >= 0.3 is 0 Å². The van der Waals surface area contributed by atoms with E-state index in [4.69, 9.17) is 16.3 Å². The van der Waals surface area contributed by atoms with E-state index in [2.05, 4.69) is 15.3 Å². The molecule has 0 aliphatic rings. The molecule has 1 amide bonds. The monoisotopic (exact) mass is 347 g/mol. The van der Waals surface area contributed by atoms with Gasteiger partial charge in [0.15, 0.2) is 11.7 Å². The van der Waals surface area contributed by atoms with E-state index in [0.717, 1.165) is 16.0 Å². The molecule has 0 aliphatic heterocycles. The standard InChI is InChI=1S/C16H14ClN3O2S/c1-9-10(2)23-16(19-9)20-14(21)8-22-13-6-5-12(17)11-4-3-7-18-15(11)13/h3-7H,8H2,1-2H3,(H,19,20,21). The molecule has 0 spiro atoms. The average molecular weight is 348 g/mol. The van der Waals surface area contributed by atoms with E-state index in [-0.39, 0.29) is 12.5 Å². The van der Waals surface area contributed by atoms with E-state index in [1.54, 1.807) is 24.4 Å². The van der Waals surface area contributed by atoms with Crippen molar-refractivity contribution in [1.29, 1.82) is 0 Å². The maximum Gasteiger partial charge on any atom is 0.264 e. The Labute approximate surface area is 142 Å². The Balaban J connectivity index is 1.71. The number of carbonyl (C=O) groups is 1. The Morgan fingerprint density at radius 1 is 1.35 bits per heavy atom. The minimum Gasteiger partial charge on any atom is -0.481 e. The fourth-order valence-electron chi connectivity index (χ4n) is 2.05. The van der Waals surface area contributed by atoms with Gasteiger partial charge in [-0.25, -0.2) is 4.98 Å². The van der Waals surface area contributed by atoms with Crippen molar-refractivity contribution in [2.45, 2.75) is 13.8 Å². The van der Waals surface area contributed by atoms with Gasteiger partial charge in [0.2, 0.25) is 0 Å². The van der Waals surface area contributed by atoms with Crippen LogP contribution in [0.3, 0.4) is 0 Å². The summed E-state index contributed by atoms with van der Waals surface area (Å²) in [6, 6.07) is 7.10. The lowest BCUT2D eigenvalue weighted by molar-refractivity contribution is -0.118. The number of hydrogen-bond donors (Lipinski definition) is 1. The van der Waals surface area contributed by atoms with Crippen LogP contribution in [0.1, 0.15) is 10.6 Å². The third kappa shape index (κ3) is 3.43. The summed E-state index contributed by atoms with van der Waals surface area (Å²) in [5.74, 6) is 0.254. The van der Waals surface area contributed by atoms with Crippen LogP contribution in [0, 0.1) is 13.8 Å². The van der Waals surface area contributed by atoms with Gasteiger partial charge in [-0.05, 0) is 38.1 Å². The van der Waals surface area contributed by atoms with Crippen molar-refractivity contribution in [3.05, 3.63) is 46.1 Å². The van der Waals surface area contributed by atoms with Gasteiger partial charge in [0.25, 0.3) is 5.91 Å². The molecule has 5 nitrogen and oxygen atoms in total. The van der Waals surface area contributed by atoms with E-state index >= 15 is 0 Å². The number of anilines is 1. The molecule has 0 unspecified atom stereocenters. The Bertz CT molecular complexity index is 859. The fourth-order valence-corrected chi connectivity index (χ4v) is 3.10. The number of rotatable bonds is 4. The topological polar surface area (TPSA) is 64.1 Å². The van der Waals surface area contributed by atoms with Gasteiger partial charge in [-0.2, -0.15) is 0 Å². The highest BCUT2D eigenvalue weighted by molar-refractivity contribution is 7.15. The highest BCUT2D eigenvalue weighted by Gasteiger charge is 2.11. The summed E-state index contributed by atoms with van der Waals surface area (Å²) < 4.78 is 5.59. The van der Waals surface area contributed by atoms with Crippen molar-refractivity contribution >= 4 is 44.9 Å². The van der Waals surface area contributed by atoms with Crippen molar-refractivity contribution in [3.63, 3.8) is 0 Å². The molecule has 3 rings (SSSR count). The van der Waals surface area contributed by atoms with Crippen LogP contribution >= 0.6 is 22.9 Å². The molecule has 3 aromatic rings. The number of fused-ring (bicyclic) bond motifs is 1. The number of aromatic nitrogens is 2. The second-order valence-corrected chi connectivity index (χ2v) is 6.55. The van der Waals surface area contributed by atoms with Crippen molar-refractivity contribution in [2.75, 3.05) is 11.9 Å². The molecule has 0 bridgehead atoms. The summed E-state index contributed by atoms with van der Waals surface area (Å²) in [6.45, 7) is 3.75. The molecule has 2 aromatic heterocycles. The zero-order valence-electron chi connectivity index (χ0n) is 12.6. The van der Waals surface area contributed by atoms with Gasteiger partial charge in [0.1, 0.15) is 11.3 Å². The second kappa shape index (κ2) is 6.52. The van der Waals surface area contributed by atoms with Crippen molar-refractivity contribution in [1.82, 2.24) is 9.97 Å². The lowest BCUT2D eigenvalue weighted by Crippen LogP contribution is -2.20. The predicted octanol–water partition coefficient (Wildman–Crippen LogP) is 3.98. The number of nitrogens with one attached hydrogen (secondary N) is 1. The maximum atomic E-state index is 12.0. The zero-order chi connectivity index (χ0) is 16.4. The van der Waals surface area contributed by atoms with Gasteiger partial charge < -0.3 is 4.74 Å². The van der Waals surface area contributed by atoms with E-state index in [0.29, 0.717) is 21.4 Å². The second-order valence-electron chi connectivity index (χ2n) is 4.94. The molecule has 0 saturated heterocycles. The SMILES string of the molecule is Cc1nc(NC(=O)COc2ccc(Cl)c3cccnc23)sc1C. The number of nitrogens with zero attached hydrogens (tertiary/aromatic N) is 2. The number of carbonyl (C=O) groups excluding carboxylic acids is 1. The highest BCUT2D eigenvalue weighted by Crippen LogP contribution is 2.29. The van der Waals surface area contributed by atoms with Gasteiger partial charge in [0, 0.05) is 16.5 Å². The van der Waals surface area contributed by atoms with E-state index in [1.165, 1.54) is 11.3 Å². The number of halogens is 1. The molecule has 0 fully saturated rings. The summed E-state index contributed by atoms with van der Waals surface area (Å²) in [6.07, 6.45) is 1.66. The fraction of sp³-hybridized carbons (Fsp3) is 0.188. The molecule has 0 aliphatic carbocycles. The van der Waals surface area contributed by atoms with Gasteiger partial charge in [0.05, 0.1) is 10.7 Å². The maximum absolute atomic E-state index is 12.0. The van der Waals surface area contributed by atoms with Crippen molar-refractivity contribution in [2.24, 2.45) is 0 Å². The summed E-state index contributed by atoms with van der Waals surface area (Å²) in [4.78, 5) is 21.6. The number of amides is 1. The van der Waals surface area contributed by atoms with Gasteiger partial charge in [-0.3, -0.25) is 15.1 Å². The number of benzene rings is 1. The quantitative estimate of drug-likeness (QED) is 0.775. The first-order valence-electron chi connectivity index (χ1n) is 6.94. The third-order valence-electron chi connectivity index (χ3n) is 3.31. The molecule has 1 aromatic carbocycles. The molecule has 0 radical (unpaired) electrons. The normalized spacial score (nSPS) is 10.7. The average Bonchev–Trinajstić information content (AvgIpc) is 2.85. The molecular formula is C16H14ClN3O2S. The smallest absolute Gasteiger partial charge is 0.264 e. The van der Waals surface area contributed by atoms with Gasteiger partial charge in [-0.15, -0.1) is 11.3 Å². The molecule has 0 saturated carbocycles. The number of pyridine rings is 1. The van der Waals surface area contributed by atoms with Crippen LogP contribution in [-0.2, 0) is 4.79 Å². The molecule has 1 N–H and O–H groups in total. The number of thiazole rings is 1. The van der Waals surface area contributed by atoms with Crippen LogP contribution in [0.25, 0.3) is 10.9 Å². The summed E-state index contributed by atoms with van der Waals surface area (Å²) >= 11 is 7.57. The van der Waals surface area contributed by atoms with Crippen LogP contribution in [0.5, 0.6) is 5.75 Å². The summed E-state index contributed by atoms with van der Waals surface area (Å²) in [7, 11) is 0. The van der Waals surface area contributed by atoms with E-state index in [9.17, 15) is 4.79 Å². The van der Waals surface area contributed by atoms with Crippen molar-refractivity contribution in [3.8, 4) is 5.75 Å². The number of hydrogen-bond acceptors (Lipinski definition) is 5. The molecule has 23 heavy (non-hydrogen) atoms. The minimum absolute atomic E-state index is 0.120. The largest absolute Gasteiger partial charge is 0.481 e. The Kier molecular flexibility index (Phi) is 4.45. The first-order valence-corrected chi connectivity index (χ1v) is 8.14. The lowest BCUT2D eigenvalue weighted by Gasteiger charge is -2.09. The minimum atomic E-state index is -0.266. The molecule has 0 atom stereocenters. The molecule has 118 valence electrons. The Hall–Kier alpha value is -2.18. The summed E-state index contributed by atoms with van der Waals surface area (Å²) in [5, 5.41) is 4.69. The molecule has 7 heteroatoms. The number of ether oxygens (including phenoxy) is 1. The Morgan fingerprint density at radius 3 is 2.91 bits per heavy atom. The van der Waals surface area contributed by atoms with E-state index < -0.39 is 0 Å². The zero-order valence-corrected chi connectivity index (χ0v) is 14.2. The molecule has 2 heterocycles. The van der Waals surface area contributed by atoms with Crippen LogP contribution in [0.4, 0.5) is 5.13 Å². The predicted molar refractivity (Wildman–Crippen MR) is 92.5 cm³/mol. The number of aryl methyl sites for hydroxylation is 2. The van der Waals surface area contributed by atoms with E-state index in [1.807, 2.05) is 19.9 Å². The first-order chi connectivity index (χ1) is 11.0. The van der Waals surface area contributed by atoms with Crippen LogP contribution in [0.2, 0.25) is 5.02 Å². The van der Waals surface area contributed by atoms with Crippen LogP contribution in [0.15, 0.2) is 30.5 Å². The first kappa shape index (κ1) is 15.7. The summed E-state index contributed by atoms with van der Waals surface area (Å²) in [5.41, 5.74) is 1.55. The third-order valence-corrected chi connectivity index (χ3v) is 4.63. The van der Waals surface area contributed by atoms with Crippen LogP contribution < -0.4 is 10.1 Å². The van der Waals surface area contributed by atoms with Gasteiger partial charge in [-0.1, -0.05) is 11.6 Å². The Morgan fingerprint density at radius 2 is 2.17 bits per heavy atom. The van der Waals surface area contributed by atoms with Crippen LogP contribution in [-0.4, -0.2) is 22.5 Å². The lowest BCUT2D eigenvalue weighted by atomic mass is 10.2. The highest BCUT2D eigenvalue weighted by atomic mass is 35.5. The van der Waals surface area contributed by atoms with Crippen molar-refractivity contribution < 1.29 is 9.53 Å². The molecular weight excluding hydrogens is 334 g/mol.